The lowest BCUT2D eigenvalue weighted by atomic mass is 9.89. The summed E-state index contributed by atoms with van der Waals surface area (Å²) < 4.78 is 0. The van der Waals surface area contributed by atoms with Crippen LogP contribution in [-0.4, -0.2) is 5.01 Å². The van der Waals surface area contributed by atoms with Crippen molar-refractivity contribution in [3.05, 3.63) is 216 Å². The lowest BCUT2D eigenvalue weighted by molar-refractivity contribution is 0.158. The van der Waals surface area contributed by atoms with E-state index in [0.717, 1.165) is 61.6 Å². The van der Waals surface area contributed by atoms with E-state index in [0.29, 0.717) is 19.0 Å². The lowest BCUT2D eigenvalue weighted by Crippen LogP contribution is -2.42. The van der Waals surface area contributed by atoms with Gasteiger partial charge in [-0.2, -0.15) is 0 Å². The van der Waals surface area contributed by atoms with Crippen LogP contribution in [0.1, 0.15) is 41.8 Å². The molecule has 0 aromatic heterocycles. The summed E-state index contributed by atoms with van der Waals surface area (Å²) in [5, 5.41) is 9.30. The highest BCUT2D eigenvalue weighted by molar-refractivity contribution is 7.80. The van der Waals surface area contributed by atoms with E-state index in [2.05, 4.69) is 187 Å². The van der Waals surface area contributed by atoms with E-state index in [4.69, 9.17) is 18.5 Å². The van der Waals surface area contributed by atoms with Gasteiger partial charge in [-0.15, -0.1) is 12.6 Å². The fourth-order valence-electron chi connectivity index (χ4n) is 7.70. The number of nitrogens with zero attached hydrogens (tertiary/aromatic N) is 1. The Bertz CT molecular complexity index is 2490. The van der Waals surface area contributed by atoms with Crippen LogP contribution < -0.4 is 16.5 Å². The Balaban J connectivity index is 0.981. The van der Waals surface area contributed by atoms with Crippen molar-refractivity contribution >= 4 is 29.6 Å². The Labute approximate surface area is 342 Å². The summed E-state index contributed by atoms with van der Waals surface area (Å²) >= 11 is 5.11. The summed E-state index contributed by atoms with van der Waals surface area (Å²) in [5.74, 6) is 7.27. The van der Waals surface area contributed by atoms with Gasteiger partial charge in [0.2, 0.25) is 0 Å². The van der Waals surface area contributed by atoms with E-state index in [1.54, 1.807) is 0 Å². The molecule has 0 saturated carbocycles. The highest BCUT2D eigenvalue weighted by Crippen LogP contribution is 2.38. The summed E-state index contributed by atoms with van der Waals surface area (Å²) in [7, 11) is 0. The maximum atomic E-state index is 6.71. The van der Waals surface area contributed by atoms with Crippen LogP contribution >= 0.6 is 12.6 Å². The minimum Gasteiger partial charge on any atom is -0.355 e. The Morgan fingerprint density at radius 1 is 0.632 bits per heavy atom. The summed E-state index contributed by atoms with van der Waals surface area (Å²) in [6, 6.07) is 61.9. The third kappa shape index (κ3) is 9.20. The number of hydrogen-bond acceptors (Lipinski definition) is 5. The third-order valence-electron chi connectivity index (χ3n) is 10.7. The average molecular weight is 761 g/mol. The van der Waals surface area contributed by atoms with Gasteiger partial charge in [-0.1, -0.05) is 177 Å². The van der Waals surface area contributed by atoms with Gasteiger partial charge in [-0.25, -0.2) is 5.01 Å². The van der Waals surface area contributed by atoms with Gasteiger partial charge in [0, 0.05) is 34.9 Å². The van der Waals surface area contributed by atoms with Crippen LogP contribution in [0.4, 0.5) is 11.4 Å². The van der Waals surface area contributed by atoms with Gasteiger partial charge in [-0.3, -0.25) is 11.2 Å². The second kappa shape index (κ2) is 17.9. The first-order valence-electron chi connectivity index (χ1n) is 19.7. The van der Waals surface area contributed by atoms with E-state index in [-0.39, 0.29) is 6.17 Å². The molecule has 0 amide bonds. The number of thiol groups is 1. The molecule has 2 atom stereocenters. The number of rotatable bonds is 13. The van der Waals surface area contributed by atoms with Gasteiger partial charge in [0.1, 0.15) is 0 Å². The molecular weight excluding hydrogens is 713 g/mol. The molecule has 7 aromatic rings. The molecule has 7 aromatic carbocycles. The molecule has 282 valence electrons. The number of para-hydroxylation sites is 1. The number of nitrogens with two attached hydrogens (primary N) is 1. The van der Waals surface area contributed by atoms with Gasteiger partial charge < -0.3 is 5.32 Å². The van der Waals surface area contributed by atoms with E-state index >= 15 is 0 Å². The molecule has 0 spiro atoms. The molecule has 0 bridgehead atoms. The van der Waals surface area contributed by atoms with Crippen molar-refractivity contribution in [2.75, 3.05) is 5.32 Å². The fraction of sp³-hybridized carbons (Fsp3) is 0.115. The largest absolute Gasteiger partial charge is 0.355 e. The molecule has 0 heterocycles. The van der Waals surface area contributed by atoms with Gasteiger partial charge in [0.05, 0.1) is 6.17 Å². The van der Waals surface area contributed by atoms with Crippen molar-refractivity contribution in [2.45, 2.75) is 37.5 Å². The molecule has 1 aliphatic carbocycles. The number of benzene rings is 7. The first kappa shape index (κ1) is 37.9. The predicted octanol–water partition coefficient (Wildman–Crippen LogP) is 12.9. The van der Waals surface area contributed by atoms with Crippen LogP contribution in [0.2, 0.25) is 0 Å². The molecule has 2 unspecified atom stereocenters. The second-order valence-corrected chi connectivity index (χ2v) is 15.3. The number of hydrazine groups is 1. The molecule has 0 saturated heterocycles. The fourth-order valence-corrected chi connectivity index (χ4v) is 8.11. The summed E-state index contributed by atoms with van der Waals surface area (Å²) in [4.78, 5) is 0.982. The zero-order valence-corrected chi connectivity index (χ0v) is 33.1. The van der Waals surface area contributed by atoms with Crippen LogP contribution in [0.3, 0.4) is 0 Å². The summed E-state index contributed by atoms with van der Waals surface area (Å²) in [6.07, 6.45) is 7.59. The molecule has 0 radical (unpaired) electrons. The van der Waals surface area contributed by atoms with E-state index < -0.39 is 0 Å². The highest BCUT2D eigenvalue weighted by Gasteiger charge is 2.18. The van der Waals surface area contributed by atoms with Gasteiger partial charge in [0.25, 0.3) is 0 Å². The molecule has 0 aliphatic heterocycles. The monoisotopic (exact) mass is 760 g/mol. The van der Waals surface area contributed by atoms with Crippen LogP contribution in [0.5, 0.6) is 0 Å². The Morgan fingerprint density at radius 2 is 1.25 bits per heavy atom. The summed E-state index contributed by atoms with van der Waals surface area (Å²) in [5.41, 5.74) is 15.0. The van der Waals surface area contributed by atoms with E-state index in [1.807, 2.05) is 29.3 Å². The Kier molecular flexibility index (Phi) is 11.9. The molecule has 1 aliphatic rings. The highest BCUT2D eigenvalue weighted by atomic mass is 32.1. The molecular formula is C52H48N4S. The number of nitrogens with one attached hydrogen (secondary N) is 2. The standard InChI is InChI=1S/C52H48N4S/c1-37-14-10-20-43(32-37)44-21-12-22-45(34-44)49-26-13-25-48(51(49)57)41-30-28-40(29-31-41)47-24-8-9-27-50(47)55-46-23-11-17-39(33-46)35-54-52(42-18-6-3-7-19-42)56(53)36-38-15-4-2-5-16-38/h2-31,33-34,37,52,54-55,57H,32,35-36,53H2,1H3. The average Bonchev–Trinajstić information content (AvgIpc) is 3.25. The first-order valence-corrected chi connectivity index (χ1v) is 20.1. The predicted molar refractivity (Wildman–Crippen MR) is 243 cm³/mol. The molecule has 4 N–H and O–H groups in total. The molecule has 57 heavy (non-hydrogen) atoms. The van der Waals surface area contributed by atoms with Crippen molar-refractivity contribution in [1.82, 2.24) is 10.3 Å². The summed E-state index contributed by atoms with van der Waals surface area (Å²) in [6.45, 7) is 3.54. The van der Waals surface area contributed by atoms with Crippen molar-refractivity contribution in [2.24, 2.45) is 11.8 Å². The van der Waals surface area contributed by atoms with E-state index in [1.165, 1.54) is 22.3 Å². The zero-order chi connectivity index (χ0) is 39.0. The minimum atomic E-state index is -0.162. The minimum absolute atomic E-state index is 0.162. The van der Waals surface area contributed by atoms with Crippen LogP contribution in [0.15, 0.2) is 199 Å². The smallest absolute Gasteiger partial charge is 0.0996 e. The maximum Gasteiger partial charge on any atom is 0.0996 e. The first-order chi connectivity index (χ1) is 28.0. The van der Waals surface area contributed by atoms with Crippen LogP contribution in [0, 0.1) is 5.92 Å². The Hall–Kier alpha value is -5.95. The normalized spacial score (nSPS) is 14.3. The number of hydrogen-bond donors (Lipinski definition) is 4. The maximum absolute atomic E-state index is 6.71. The lowest BCUT2D eigenvalue weighted by Gasteiger charge is -2.29. The Morgan fingerprint density at radius 3 is 2.02 bits per heavy atom. The molecule has 4 nitrogen and oxygen atoms in total. The van der Waals surface area contributed by atoms with Gasteiger partial charge in [0.15, 0.2) is 0 Å². The molecule has 0 fully saturated rings. The topological polar surface area (TPSA) is 53.3 Å². The van der Waals surface area contributed by atoms with Crippen LogP contribution in [0.25, 0.3) is 39.0 Å². The molecule has 8 rings (SSSR count). The van der Waals surface area contributed by atoms with Gasteiger partial charge in [-0.05, 0) is 92.2 Å². The van der Waals surface area contributed by atoms with E-state index in [9.17, 15) is 0 Å². The SMILES string of the molecule is CC1C=CC=C(c2cccc(-c3cccc(-c4ccc(-c5ccccc5Nc5cccc(CNC(c6ccccc6)N(N)Cc6ccccc6)c5)cc4)c3S)c2)C1. The second-order valence-electron chi connectivity index (χ2n) is 14.8. The van der Waals surface area contributed by atoms with Crippen LogP contribution in [-0.2, 0) is 13.1 Å². The van der Waals surface area contributed by atoms with Crippen molar-refractivity contribution in [1.29, 1.82) is 0 Å². The molecule has 5 heteroatoms. The zero-order valence-electron chi connectivity index (χ0n) is 32.2. The quantitative estimate of drug-likeness (QED) is 0.0409. The van der Waals surface area contributed by atoms with Crippen molar-refractivity contribution in [3.8, 4) is 33.4 Å². The van der Waals surface area contributed by atoms with Gasteiger partial charge >= 0.3 is 0 Å². The van der Waals surface area contributed by atoms with Crippen molar-refractivity contribution < 1.29 is 0 Å². The number of allylic oxidation sites excluding steroid dienone is 4. The third-order valence-corrected chi connectivity index (χ3v) is 11.1. The van der Waals surface area contributed by atoms with Crippen molar-refractivity contribution in [3.63, 3.8) is 0 Å². The number of anilines is 2.